The molecule has 1 N–H and O–H groups in total. The second kappa shape index (κ2) is 6.26. The first-order valence-corrected chi connectivity index (χ1v) is 7.60. The summed E-state index contributed by atoms with van der Waals surface area (Å²) in [6, 6.07) is 10.4. The van der Waals surface area contributed by atoms with Crippen LogP contribution in [0.2, 0.25) is 0 Å². The van der Waals surface area contributed by atoms with Gasteiger partial charge in [0, 0.05) is 19.1 Å². The van der Waals surface area contributed by atoms with Gasteiger partial charge in [-0.25, -0.2) is 4.79 Å². The highest BCUT2D eigenvalue weighted by molar-refractivity contribution is 6.01. The molecule has 2 aliphatic heterocycles. The summed E-state index contributed by atoms with van der Waals surface area (Å²) in [7, 11) is 0. The maximum atomic E-state index is 11.7. The third kappa shape index (κ3) is 3.24. The summed E-state index contributed by atoms with van der Waals surface area (Å²) in [5.74, 6) is -0.106. The number of nitrogens with zero attached hydrogens (tertiary/aromatic N) is 2. The van der Waals surface area contributed by atoms with Crippen molar-refractivity contribution in [2.45, 2.75) is 31.8 Å². The number of hydrogen-bond donors (Lipinski definition) is 1. The van der Waals surface area contributed by atoms with Crippen LogP contribution in [-0.2, 0) is 11.3 Å². The number of rotatable bonds is 4. The van der Waals surface area contributed by atoms with Gasteiger partial charge in [0.15, 0.2) is 0 Å². The van der Waals surface area contributed by atoms with Gasteiger partial charge in [-0.2, -0.15) is 0 Å². The zero-order chi connectivity index (χ0) is 14.7. The fourth-order valence-electron chi connectivity index (χ4n) is 3.14. The van der Waals surface area contributed by atoms with Gasteiger partial charge in [-0.1, -0.05) is 36.8 Å². The Bertz CT molecular complexity index is 502. The van der Waals surface area contributed by atoms with Crippen LogP contribution in [0, 0.1) is 0 Å². The first-order chi connectivity index (χ1) is 10.2. The molecule has 1 aromatic carbocycles. The van der Waals surface area contributed by atoms with E-state index in [0.717, 1.165) is 19.5 Å². The average molecular weight is 287 g/mol. The number of likely N-dealkylation sites (tertiary alicyclic amines) is 1. The van der Waals surface area contributed by atoms with Crippen molar-refractivity contribution < 1.29 is 9.59 Å². The first kappa shape index (κ1) is 14.1. The molecular formula is C16H21N3O2. The van der Waals surface area contributed by atoms with Gasteiger partial charge in [-0.05, 0) is 24.9 Å². The van der Waals surface area contributed by atoms with Gasteiger partial charge in [0.25, 0.3) is 0 Å². The van der Waals surface area contributed by atoms with Crippen LogP contribution in [0.5, 0.6) is 0 Å². The highest BCUT2D eigenvalue weighted by atomic mass is 16.2. The molecule has 2 heterocycles. The summed E-state index contributed by atoms with van der Waals surface area (Å²) < 4.78 is 0. The van der Waals surface area contributed by atoms with E-state index in [9.17, 15) is 9.59 Å². The van der Waals surface area contributed by atoms with Gasteiger partial charge in [0.1, 0.15) is 0 Å². The topological polar surface area (TPSA) is 52.7 Å². The molecule has 0 bridgehead atoms. The molecule has 2 fully saturated rings. The Morgan fingerprint density at radius 3 is 2.67 bits per heavy atom. The lowest BCUT2D eigenvalue weighted by Gasteiger charge is -2.37. The molecule has 1 unspecified atom stereocenters. The van der Waals surface area contributed by atoms with E-state index in [1.807, 2.05) is 18.2 Å². The van der Waals surface area contributed by atoms with Gasteiger partial charge >= 0.3 is 6.03 Å². The normalized spacial score (nSPS) is 23.4. The van der Waals surface area contributed by atoms with Crippen molar-refractivity contribution in [3.05, 3.63) is 35.9 Å². The third-order valence-corrected chi connectivity index (χ3v) is 4.31. The SMILES string of the molecule is O=C1CNC(=O)N1CC1CCCCN1Cc1ccccc1. The number of carbonyl (C=O) groups is 2. The molecule has 2 saturated heterocycles. The number of imide groups is 1. The number of benzene rings is 1. The van der Waals surface area contributed by atoms with E-state index < -0.39 is 0 Å². The predicted octanol–water partition coefficient (Wildman–Crippen LogP) is 1.59. The molecule has 0 aliphatic carbocycles. The van der Waals surface area contributed by atoms with E-state index in [4.69, 9.17) is 0 Å². The van der Waals surface area contributed by atoms with Crippen molar-refractivity contribution in [1.29, 1.82) is 0 Å². The molecule has 112 valence electrons. The van der Waals surface area contributed by atoms with Crippen LogP contribution in [0.25, 0.3) is 0 Å². The Balaban J connectivity index is 1.67. The van der Waals surface area contributed by atoms with Crippen LogP contribution >= 0.6 is 0 Å². The van der Waals surface area contributed by atoms with E-state index in [-0.39, 0.29) is 24.5 Å². The number of carbonyl (C=O) groups excluding carboxylic acids is 2. The molecule has 0 radical (unpaired) electrons. The van der Waals surface area contributed by atoms with E-state index >= 15 is 0 Å². The lowest BCUT2D eigenvalue weighted by atomic mass is 10.0. The van der Waals surface area contributed by atoms with Crippen LogP contribution in [-0.4, -0.2) is 47.4 Å². The lowest BCUT2D eigenvalue weighted by molar-refractivity contribution is -0.125. The van der Waals surface area contributed by atoms with Crippen molar-refractivity contribution >= 4 is 11.9 Å². The summed E-state index contributed by atoms with van der Waals surface area (Å²) in [5.41, 5.74) is 1.28. The quantitative estimate of drug-likeness (QED) is 0.856. The monoisotopic (exact) mass is 287 g/mol. The van der Waals surface area contributed by atoms with E-state index in [2.05, 4.69) is 22.3 Å². The maximum Gasteiger partial charge on any atom is 0.324 e. The Hall–Kier alpha value is -1.88. The van der Waals surface area contributed by atoms with Crippen molar-refractivity contribution in [3.63, 3.8) is 0 Å². The second-order valence-electron chi connectivity index (χ2n) is 5.77. The zero-order valence-electron chi connectivity index (χ0n) is 12.1. The molecule has 2 aliphatic rings. The molecule has 1 aromatic rings. The van der Waals surface area contributed by atoms with Crippen LogP contribution in [0.15, 0.2) is 30.3 Å². The molecule has 0 saturated carbocycles. The summed E-state index contributed by atoms with van der Waals surface area (Å²) >= 11 is 0. The Labute approximate surface area is 124 Å². The minimum atomic E-state index is -0.245. The fourth-order valence-corrected chi connectivity index (χ4v) is 3.14. The molecule has 0 spiro atoms. The Morgan fingerprint density at radius 2 is 1.95 bits per heavy atom. The third-order valence-electron chi connectivity index (χ3n) is 4.31. The minimum absolute atomic E-state index is 0.106. The smallest absolute Gasteiger partial charge is 0.324 e. The zero-order valence-corrected chi connectivity index (χ0v) is 12.1. The molecule has 3 rings (SSSR count). The number of hydrogen-bond acceptors (Lipinski definition) is 3. The van der Waals surface area contributed by atoms with Crippen molar-refractivity contribution in [2.75, 3.05) is 19.6 Å². The molecule has 21 heavy (non-hydrogen) atoms. The summed E-state index contributed by atoms with van der Waals surface area (Å²) in [6.45, 7) is 2.57. The number of piperidine rings is 1. The summed E-state index contributed by atoms with van der Waals surface area (Å²) in [5, 5.41) is 2.59. The van der Waals surface area contributed by atoms with Gasteiger partial charge < -0.3 is 5.32 Å². The molecule has 5 heteroatoms. The maximum absolute atomic E-state index is 11.7. The van der Waals surface area contributed by atoms with E-state index in [1.165, 1.54) is 23.3 Å². The second-order valence-corrected chi connectivity index (χ2v) is 5.77. The fraction of sp³-hybridized carbons (Fsp3) is 0.500. The molecule has 3 amide bonds. The van der Waals surface area contributed by atoms with E-state index in [0.29, 0.717) is 6.54 Å². The van der Waals surface area contributed by atoms with Crippen LogP contribution in [0.3, 0.4) is 0 Å². The molecule has 0 aromatic heterocycles. The van der Waals surface area contributed by atoms with Gasteiger partial charge in [0.05, 0.1) is 6.54 Å². The van der Waals surface area contributed by atoms with Crippen molar-refractivity contribution in [1.82, 2.24) is 15.1 Å². The molecule has 1 atom stereocenters. The van der Waals surface area contributed by atoms with Gasteiger partial charge in [-0.15, -0.1) is 0 Å². The van der Waals surface area contributed by atoms with Crippen molar-refractivity contribution in [2.24, 2.45) is 0 Å². The number of nitrogens with one attached hydrogen (secondary N) is 1. The lowest BCUT2D eigenvalue weighted by Crippen LogP contribution is -2.48. The molecular weight excluding hydrogens is 266 g/mol. The highest BCUT2D eigenvalue weighted by Gasteiger charge is 2.33. The standard InChI is InChI=1S/C16H21N3O2/c20-15-10-17-16(21)19(15)12-14-8-4-5-9-18(14)11-13-6-2-1-3-7-13/h1-3,6-7,14H,4-5,8-12H2,(H,17,21). The summed E-state index contributed by atoms with van der Waals surface area (Å²) in [4.78, 5) is 27.2. The van der Waals surface area contributed by atoms with Crippen molar-refractivity contribution in [3.8, 4) is 0 Å². The highest BCUT2D eigenvalue weighted by Crippen LogP contribution is 2.21. The molecule has 5 nitrogen and oxygen atoms in total. The Kier molecular flexibility index (Phi) is 4.20. The summed E-state index contributed by atoms with van der Waals surface area (Å²) in [6.07, 6.45) is 3.40. The van der Waals surface area contributed by atoms with Crippen LogP contribution < -0.4 is 5.32 Å². The minimum Gasteiger partial charge on any atom is -0.329 e. The van der Waals surface area contributed by atoms with Crippen LogP contribution in [0.4, 0.5) is 4.79 Å². The van der Waals surface area contributed by atoms with Crippen LogP contribution in [0.1, 0.15) is 24.8 Å². The number of urea groups is 1. The number of amides is 3. The average Bonchev–Trinajstić information content (AvgIpc) is 2.82. The Morgan fingerprint density at radius 1 is 1.14 bits per heavy atom. The van der Waals surface area contributed by atoms with Gasteiger partial charge in [-0.3, -0.25) is 14.6 Å². The largest absolute Gasteiger partial charge is 0.329 e. The van der Waals surface area contributed by atoms with E-state index in [1.54, 1.807) is 0 Å². The first-order valence-electron chi connectivity index (χ1n) is 7.60. The van der Waals surface area contributed by atoms with Gasteiger partial charge in [0.2, 0.25) is 5.91 Å². The predicted molar refractivity (Wildman–Crippen MR) is 79.6 cm³/mol.